The van der Waals surface area contributed by atoms with Crippen LogP contribution in [0.1, 0.15) is 18.4 Å². The number of aromatic nitrogens is 3. The zero-order valence-electron chi connectivity index (χ0n) is 17.0. The first-order valence-electron chi connectivity index (χ1n) is 10.1. The average molecular weight is 440 g/mol. The van der Waals surface area contributed by atoms with Gasteiger partial charge in [-0.05, 0) is 42.7 Å². The summed E-state index contributed by atoms with van der Waals surface area (Å²) in [5.41, 5.74) is 2.36. The van der Waals surface area contributed by atoms with Crippen molar-refractivity contribution >= 4 is 33.3 Å². The van der Waals surface area contributed by atoms with Crippen LogP contribution >= 0.6 is 0 Å². The van der Waals surface area contributed by atoms with Gasteiger partial charge in [0, 0.05) is 30.5 Å². The summed E-state index contributed by atoms with van der Waals surface area (Å²) in [6.07, 6.45) is 3.62. The summed E-state index contributed by atoms with van der Waals surface area (Å²) in [4.78, 5) is 15.4. The molecule has 9 nitrogen and oxygen atoms in total. The Balaban J connectivity index is 1.45. The van der Waals surface area contributed by atoms with Gasteiger partial charge >= 0.3 is 0 Å². The molecule has 1 fully saturated rings. The standard InChI is InChI=1S/C21H25N7O2S/c22-31(29,30)14-16-6-4-9-18(12-16)26-20-24-15-25-21(27-20)28-11-5-10-19(28)13-23-17-7-2-1-3-8-17/h1-4,6-9,12,15,19,23H,5,10-11,13-14H2,(H2,22,29,30)(H,24,25,26,27)/t19-/m1/s1. The molecule has 10 heteroatoms. The van der Waals surface area contributed by atoms with Crippen LogP contribution in [-0.2, 0) is 15.8 Å². The van der Waals surface area contributed by atoms with Crippen molar-refractivity contribution in [1.29, 1.82) is 0 Å². The number of primary sulfonamides is 1. The smallest absolute Gasteiger partial charge is 0.231 e. The van der Waals surface area contributed by atoms with Gasteiger partial charge in [0.1, 0.15) is 6.33 Å². The Hall–Kier alpha value is -3.24. The maximum Gasteiger partial charge on any atom is 0.231 e. The van der Waals surface area contributed by atoms with Gasteiger partial charge in [0.05, 0.1) is 5.75 Å². The predicted molar refractivity (Wildman–Crippen MR) is 122 cm³/mol. The number of hydrogen-bond acceptors (Lipinski definition) is 8. The Morgan fingerprint density at radius 1 is 1.06 bits per heavy atom. The van der Waals surface area contributed by atoms with Crippen molar-refractivity contribution in [2.45, 2.75) is 24.6 Å². The highest BCUT2D eigenvalue weighted by atomic mass is 32.2. The molecule has 0 bridgehead atoms. The normalized spacial score (nSPS) is 16.3. The van der Waals surface area contributed by atoms with Gasteiger partial charge in [-0.2, -0.15) is 4.98 Å². The summed E-state index contributed by atoms with van der Waals surface area (Å²) in [6, 6.07) is 17.4. The van der Waals surface area contributed by atoms with Gasteiger partial charge in [0.2, 0.25) is 21.9 Å². The van der Waals surface area contributed by atoms with Crippen molar-refractivity contribution < 1.29 is 8.42 Å². The molecule has 2 aromatic carbocycles. The third-order valence-corrected chi connectivity index (χ3v) is 5.80. The van der Waals surface area contributed by atoms with Gasteiger partial charge in [0.15, 0.2) is 0 Å². The quantitative estimate of drug-likeness (QED) is 0.489. The fraction of sp³-hybridized carbons (Fsp3) is 0.286. The lowest BCUT2D eigenvalue weighted by atomic mass is 10.2. The number of benzene rings is 2. The lowest BCUT2D eigenvalue weighted by Crippen LogP contribution is -2.36. The molecule has 0 saturated carbocycles. The van der Waals surface area contributed by atoms with Gasteiger partial charge in [-0.25, -0.2) is 23.5 Å². The van der Waals surface area contributed by atoms with E-state index < -0.39 is 10.0 Å². The van der Waals surface area contributed by atoms with E-state index in [9.17, 15) is 8.42 Å². The highest BCUT2D eigenvalue weighted by Crippen LogP contribution is 2.24. The fourth-order valence-electron chi connectivity index (χ4n) is 3.69. The first kappa shape index (κ1) is 21.0. The zero-order chi connectivity index (χ0) is 21.7. The summed E-state index contributed by atoms with van der Waals surface area (Å²) in [5, 5.41) is 11.7. The molecule has 162 valence electrons. The summed E-state index contributed by atoms with van der Waals surface area (Å²) < 4.78 is 22.7. The number of nitrogens with two attached hydrogens (primary N) is 1. The first-order chi connectivity index (χ1) is 15.0. The first-order valence-corrected chi connectivity index (χ1v) is 11.8. The van der Waals surface area contributed by atoms with Crippen LogP contribution in [0.25, 0.3) is 0 Å². The number of anilines is 4. The van der Waals surface area contributed by atoms with E-state index in [0.717, 1.165) is 31.6 Å². The highest BCUT2D eigenvalue weighted by Gasteiger charge is 2.26. The SMILES string of the molecule is NS(=O)(=O)Cc1cccc(Nc2ncnc(N3CCC[C@@H]3CNc3ccccc3)n2)c1. The number of nitrogens with one attached hydrogen (secondary N) is 2. The molecule has 0 radical (unpaired) electrons. The Kier molecular flexibility index (Phi) is 6.28. The Labute approximate surface area is 181 Å². The van der Waals surface area contributed by atoms with E-state index in [1.807, 2.05) is 36.4 Å². The third-order valence-electron chi connectivity index (χ3n) is 5.06. The molecule has 0 amide bonds. The van der Waals surface area contributed by atoms with Crippen LogP contribution in [0.4, 0.5) is 23.3 Å². The van der Waals surface area contributed by atoms with Crippen LogP contribution in [0.2, 0.25) is 0 Å². The van der Waals surface area contributed by atoms with E-state index in [1.54, 1.807) is 18.2 Å². The second-order valence-corrected chi connectivity index (χ2v) is 9.09. The minimum atomic E-state index is -3.60. The number of hydrogen-bond donors (Lipinski definition) is 3. The van der Waals surface area contributed by atoms with Crippen molar-refractivity contribution in [1.82, 2.24) is 15.0 Å². The van der Waals surface area contributed by atoms with Gasteiger partial charge in [0.25, 0.3) is 0 Å². The van der Waals surface area contributed by atoms with Crippen LogP contribution in [0.3, 0.4) is 0 Å². The maximum atomic E-state index is 11.4. The van der Waals surface area contributed by atoms with Crippen molar-refractivity contribution in [3.05, 3.63) is 66.5 Å². The summed E-state index contributed by atoms with van der Waals surface area (Å²) in [7, 11) is -3.60. The van der Waals surface area contributed by atoms with Crippen LogP contribution in [0.15, 0.2) is 60.9 Å². The number of sulfonamides is 1. The molecule has 1 atom stereocenters. The van der Waals surface area contributed by atoms with Gasteiger partial charge in [-0.15, -0.1) is 0 Å². The van der Waals surface area contributed by atoms with Crippen LogP contribution in [-0.4, -0.2) is 42.5 Å². The molecular weight excluding hydrogens is 414 g/mol. The summed E-state index contributed by atoms with van der Waals surface area (Å²) >= 11 is 0. The lowest BCUT2D eigenvalue weighted by molar-refractivity contribution is 0.597. The monoisotopic (exact) mass is 439 g/mol. The van der Waals surface area contributed by atoms with Gasteiger partial charge < -0.3 is 15.5 Å². The molecule has 1 saturated heterocycles. The van der Waals surface area contributed by atoms with Crippen LogP contribution in [0, 0.1) is 0 Å². The van der Waals surface area contributed by atoms with E-state index in [-0.39, 0.29) is 11.8 Å². The second-order valence-electron chi connectivity index (χ2n) is 7.48. The highest BCUT2D eigenvalue weighted by molar-refractivity contribution is 7.88. The zero-order valence-corrected chi connectivity index (χ0v) is 17.8. The molecular formula is C21H25N7O2S. The second kappa shape index (κ2) is 9.27. The van der Waals surface area contributed by atoms with E-state index in [4.69, 9.17) is 5.14 Å². The Bertz CT molecular complexity index is 1130. The van der Waals surface area contributed by atoms with Crippen molar-refractivity contribution in [3.8, 4) is 0 Å². The number of nitrogens with zero attached hydrogens (tertiary/aromatic N) is 4. The summed E-state index contributed by atoms with van der Waals surface area (Å²) in [6.45, 7) is 1.68. The maximum absolute atomic E-state index is 11.4. The van der Waals surface area contributed by atoms with Gasteiger partial charge in [-0.3, -0.25) is 0 Å². The van der Waals surface area contributed by atoms with Gasteiger partial charge in [-0.1, -0.05) is 30.3 Å². The minimum Gasteiger partial charge on any atom is -0.383 e. The molecule has 2 heterocycles. The third kappa shape index (κ3) is 5.89. The summed E-state index contributed by atoms with van der Waals surface area (Å²) in [5.74, 6) is 0.796. The van der Waals surface area contributed by atoms with E-state index >= 15 is 0 Å². The number of rotatable bonds is 8. The topological polar surface area (TPSA) is 126 Å². The van der Waals surface area contributed by atoms with E-state index in [2.05, 4.69) is 30.5 Å². The molecule has 0 aliphatic carbocycles. The molecule has 1 aliphatic heterocycles. The van der Waals surface area contributed by atoms with Crippen LogP contribution < -0.4 is 20.7 Å². The molecule has 0 unspecified atom stereocenters. The lowest BCUT2D eigenvalue weighted by Gasteiger charge is -2.25. The van der Waals surface area contributed by atoms with Crippen LogP contribution in [0.5, 0.6) is 0 Å². The Morgan fingerprint density at radius 2 is 1.87 bits per heavy atom. The van der Waals surface area contributed by atoms with E-state index in [0.29, 0.717) is 23.1 Å². The molecule has 3 aromatic rings. The molecule has 1 aliphatic rings. The molecule has 0 spiro atoms. The average Bonchev–Trinajstić information content (AvgIpc) is 3.21. The van der Waals surface area contributed by atoms with E-state index in [1.165, 1.54) is 6.33 Å². The van der Waals surface area contributed by atoms with Crippen molar-refractivity contribution in [2.75, 3.05) is 28.6 Å². The molecule has 31 heavy (non-hydrogen) atoms. The Morgan fingerprint density at radius 3 is 2.68 bits per heavy atom. The molecule has 4 rings (SSSR count). The fourth-order valence-corrected chi connectivity index (χ4v) is 4.33. The van der Waals surface area contributed by atoms with Crippen molar-refractivity contribution in [2.24, 2.45) is 5.14 Å². The number of para-hydroxylation sites is 1. The molecule has 4 N–H and O–H groups in total. The molecule has 1 aromatic heterocycles. The minimum absolute atomic E-state index is 0.227. The van der Waals surface area contributed by atoms with Crippen molar-refractivity contribution in [3.63, 3.8) is 0 Å². The largest absolute Gasteiger partial charge is 0.383 e. The predicted octanol–water partition coefficient (Wildman–Crippen LogP) is 2.48.